The van der Waals surface area contributed by atoms with Gasteiger partial charge in [-0.1, -0.05) is 27.2 Å². The summed E-state index contributed by atoms with van der Waals surface area (Å²) in [7, 11) is -2.08. The van der Waals surface area contributed by atoms with Crippen LogP contribution in [0, 0.1) is 11.2 Å². The van der Waals surface area contributed by atoms with Gasteiger partial charge in [0.1, 0.15) is 11.2 Å². The number of aromatic amines is 1. The number of nitrogens with zero attached hydrogens (tertiary/aromatic N) is 1. The van der Waals surface area contributed by atoms with E-state index in [1.54, 1.807) is 0 Å². The Bertz CT molecular complexity index is 848. The normalized spacial score (nSPS) is 22.1. The zero-order chi connectivity index (χ0) is 23.9. The number of ether oxygens (including phenoxy) is 2. The predicted molar refractivity (Wildman–Crippen MR) is 122 cm³/mol. The molecular weight excluding hydrogens is 462 g/mol. The standard InChI is InChI=1S/C20H34FN2O7PS/c1-5-9-19(2,3)20(4,32)27-10-6-11-28-31(26)29-13-14-7-8-16(30-14)23-12-15(21)17(24)22-18(23)25/h12,14,16,26,32H,5-11,13H2,1-4H3,(H,22,24,25). The molecule has 1 fully saturated rings. The van der Waals surface area contributed by atoms with Crippen molar-refractivity contribution in [2.45, 2.75) is 77.1 Å². The maximum absolute atomic E-state index is 13.5. The van der Waals surface area contributed by atoms with Crippen LogP contribution in [0.3, 0.4) is 0 Å². The van der Waals surface area contributed by atoms with Crippen LogP contribution >= 0.6 is 21.2 Å². The lowest BCUT2D eigenvalue weighted by atomic mass is 9.82. The van der Waals surface area contributed by atoms with Gasteiger partial charge in [0.05, 0.1) is 32.1 Å². The van der Waals surface area contributed by atoms with Gasteiger partial charge in [-0.25, -0.2) is 4.79 Å². The van der Waals surface area contributed by atoms with E-state index in [1.165, 1.54) is 0 Å². The van der Waals surface area contributed by atoms with Gasteiger partial charge in [-0.15, -0.1) is 12.6 Å². The lowest BCUT2D eigenvalue weighted by Gasteiger charge is -2.40. The second-order valence-electron chi connectivity index (χ2n) is 8.62. The molecule has 184 valence electrons. The number of hydrogen-bond acceptors (Lipinski definition) is 8. The lowest BCUT2D eigenvalue weighted by molar-refractivity contribution is -0.0475. The molecule has 12 heteroatoms. The second kappa shape index (κ2) is 12.1. The third-order valence-electron chi connectivity index (χ3n) is 5.69. The van der Waals surface area contributed by atoms with E-state index < -0.39 is 42.9 Å². The van der Waals surface area contributed by atoms with Crippen molar-refractivity contribution >= 4 is 21.2 Å². The van der Waals surface area contributed by atoms with Crippen LogP contribution in [0.4, 0.5) is 4.39 Å². The van der Waals surface area contributed by atoms with E-state index >= 15 is 0 Å². The number of H-pyrrole nitrogens is 1. The Morgan fingerprint density at radius 3 is 2.72 bits per heavy atom. The minimum atomic E-state index is -2.08. The summed E-state index contributed by atoms with van der Waals surface area (Å²) >= 11 is 4.67. The quantitative estimate of drug-likeness (QED) is 0.166. The van der Waals surface area contributed by atoms with E-state index in [2.05, 4.69) is 33.4 Å². The summed E-state index contributed by atoms with van der Waals surface area (Å²) in [5, 5.41) is 0. The van der Waals surface area contributed by atoms with Crippen LogP contribution in [0.1, 0.15) is 66.0 Å². The van der Waals surface area contributed by atoms with E-state index in [9.17, 15) is 18.9 Å². The average molecular weight is 497 g/mol. The molecule has 2 N–H and O–H groups in total. The van der Waals surface area contributed by atoms with Crippen molar-refractivity contribution in [3.05, 3.63) is 32.9 Å². The number of aromatic nitrogens is 2. The second-order valence-corrected chi connectivity index (χ2v) is 10.5. The predicted octanol–water partition coefficient (Wildman–Crippen LogP) is 3.48. The highest BCUT2D eigenvalue weighted by Gasteiger charge is 2.38. The first-order valence-corrected chi connectivity index (χ1v) is 12.3. The maximum atomic E-state index is 13.5. The summed E-state index contributed by atoms with van der Waals surface area (Å²) in [6.45, 7) is 9.10. The van der Waals surface area contributed by atoms with Gasteiger partial charge >= 0.3 is 14.3 Å². The Morgan fingerprint density at radius 1 is 1.31 bits per heavy atom. The Hall–Kier alpha value is -0.810. The first kappa shape index (κ1) is 27.4. The molecule has 0 spiro atoms. The van der Waals surface area contributed by atoms with Gasteiger partial charge in [0.2, 0.25) is 5.82 Å². The molecule has 2 rings (SSSR count). The number of halogens is 1. The molecule has 0 bridgehead atoms. The van der Waals surface area contributed by atoms with Crippen molar-refractivity contribution in [2.75, 3.05) is 19.8 Å². The first-order valence-electron chi connectivity index (χ1n) is 10.7. The molecule has 2 heterocycles. The summed E-state index contributed by atoms with van der Waals surface area (Å²) in [6, 6.07) is 0. The van der Waals surface area contributed by atoms with Gasteiger partial charge in [0.25, 0.3) is 5.56 Å². The van der Waals surface area contributed by atoms with Gasteiger partial charge in [-0.2, -0.15) is 4.39 Å². The van der Waals surface area contributed by atoms with E-state index in [4.69, 9.17) is 18.5 Å². The van der Waals surface area contributed by atoms with E-state index in [-0.39, 0.29) is 18.6 Å². The summed E-state index contributed by atoms with van der Waals surface area (Å²) in [5.41, 5.74) is -1.89. The summed E-state index contributed by atoms with van der Waals surface area (Å²) in [6.07, 6.45) is 3.33. The van der Waals surface area contributed by atoms with Gasteiger partial charge < -0.3 is 23.4 Å². The monoisotopic (exact) mass is 496 g/mol. The van der Waals surface area contributed by atoms with Crippen molar-refractivity contribution in [1.29, 1.82) is 0 Å². The smallest absolute Gasteiger partial charge is 0.330 e. The van der Waals surface area contributed by atoms with Gasteiger partial charge in [-0.3, -0.25) is 14.3 Å². The van der Waals surface area contributed by atoms with Crippen LogP contribution in [0.2, 0.25) is 0 Å². The highest BCUT2D eigenvalue weighted by molar-refractivity contribution is 7.81. The Morgan fingerprint density at radius 2 is 2.03 bits per heavy atom. The van der Waals surface area contributed by atoms with Crippen LogP contribution in [0.5, 0.6) is 0 Å². The third-order valence-corrected chi connectivity index (χ3v) is 7.20. The third kappa shape index (κ3) is 7.62. The van der Waals surface area contributed by atoms with Crippen LogP contribution in [0.15, 0.2) is 15.8 Å². The van der Waals surface area contributed by atoms with Crippen LogP contribution in [-0.4, -0.2) is 45.3 Å². The topological polar surface area (TPSA) is 112 Å². The fourth-order valence-electron chi connectivity index (χ4n) is 3.40. The molecule has 0 amide bonds. The highest BCUT2D eigenvalue weighted by atomic mass is 32.1. The molecule has 0 aliphatic carbocycles. The maximum Gasteiger partial charge on any atom is 0.330 e. The molecule has 1 aliphatic heterocycles. The largest absolute Gasteiger partial charge is 0.364 e. The fraction of sp³-hybridized carbons (Fsp3) is 0.800. The molecule has 1 aliphatic rings. The number of nitrogens with one attached hydrogen (secondary N) is 1. The number of hydrogen-bond donors (Lipinski definition) is 3. The molecule has 0 saturated carbocycles. The molecular formula is C20H34FN2O7PS. The molecule has 32 heavy (non-hydrogen) atoms. The molecule has 4 unspecified atom stereocenters. The SMILES string of the molecule is CCCC(C)(C)C(C)(S)OCCCOP(O)OCC1CCC(n2cc(F)c(=O)[nH]c2=O)O1. The minimum absolute atomic E-state index is 0.0652. The van der Waals surface area contributed by atoms with Crippen molar-refractivity contribution in [2.24, 2.45) is 5.41 Å². The fourth-order valence-corrected chi connectivity index (χ4v) is 4.25. The van der Waals surface area contributed by atoms with E-state index in [0.717, 1.165) is 23.6 Å². The zero-order valence-corrected chi connectivity index (χ0v) is 20.8. The van der Waals surface area contributed by atoms with Crippen molar-refractivity contribution in [3.63, 3.8) is 0 Å². The van der Waals surface area contributed by atoms with Crippen LogP contribution in [0.25, 0.3) is 0 Å². The van der Waals surface area contributed by atoms with E-state index in [0.29, 0.717) is 25.9 Å². The van der Waals surface area contributed by atoms with Crippen molar-refractivity contribution < 1.29 is 27.8 Å². The number of rotatable bonds is 13. The zero-order valence-electron chi connectivity index (χ0n) is 19.0. The van der Waals surface area contributed by atoms with Crippen LogP contribution in [-0.2, 0) is 18.5 Å². The summed E-state index contributed by atoms with van der Waals surface area (Å²) in [4.78, 5) is 34.2. The molecule has 9 nitrogen and oxygen atoms in total. The average Bonchev–Trinajstić information content (AvgIpc) is 3.17. The highest BCUT2D eigenvalue weighted by Crippen LogP contribution is 2.41. The van der Waals surface area contributed by atoms with Crippen molar-refractivity contribution in [1.82, 2.24) is 9.55 Å². The molecule has 1 aromatic heterocycles. The molecule has 1 saturated heterocycles. The molecule has 0 radical (unpaired) electrons. The lowest BCUT2D eigenvalue weighted by Crippen LogP contribution is -2.39. The molecule has 4 atom stereocenters. The van der Waals surface area contributed by atoms with Gasteiger partial charge in [0, 0.05) is 5.41 Å². The van der Waals surface area contributed by atoms with Crippen molar-refractivity contribution in [3.8, 4) is 0 Å². The summed E-state index contributed by atoms with van der Waals surface area (Å²) in [5.74, 6) is -1.06. The Balaban J connectivity index is 1.66. The van der Waals surface area contributed by atoms with Gasteiger partial charge in [0.15, 0.2) is 0 Å². The molecule has 0 aromatic carbocycles. The Kier molecular flexibility index (Phi) is 10.3. The number of thiol groups is 1. The van der Waals surface area contributed by atoms with E-state index in [1.807, 2.05) is 11.9 Å². The minimum Gasteiger partial charge on any atom is -0.364 e. The van der Waals surface area contributed by atoms with Gasteiger partial charge in [-0.05, 0) is 32.6 Å². The Labute approximate surface area is 194 Å². The molecule has 1 aromatic rings. The first-order chi connectivity index (χ1) is 15.0. The van der Waals surface area contributed by atoms with Crippen LogP contribution < -0.4 is 11.2 Å². The summed E-state index contributed by atoms with van der Waals surface area (Å²) < 4.78 is 36.7.